The first-order valence-electron chi connectivity index (χ1n) is 11.0. The summed E-state index contributed by atoms with van der Waals surface area (Å²) in [7, 11) is 0. The van der Waals surface area contributed by atoms with Crippen LogP contribution in [0, 0.1) is 5.92 Å². The molecule has 1 atom stereocenters. The number of rotatable bonds is 15. The molecule has 5 N–H and O–H groups in total. The number of nitrogens with zero attached hydrogens (tertiary/aromatic N) is 2. The molecule has 0 heterocycles. The number of hydrazine groups is 1. The molecule has 0 aliphatic heterocycles. The summed E-state index contributed by atoms with van der Waals surface area (Å²) in [5.41, 5.74) is 17.8. The van der Waals surface area contributed by atoms with Crippen LogP contribution in [-0.2, 0) is 0 Å². The van der Waals surface area contributed by atoms with Gasteiger partial charge in [0, 0.05) is 19.5 Å². The number of allylic oxidation sites excluding steroid dienone is 3. The van der Waals surface area contributed by atoms with Crippen LogP contribution in [0.2, 0.25) is 0 Å². The maximum Gasteiger partial charge on any atom is 0.118 e. The maximum absolute atomic E-state index is 13.3. The van der Waals surface area contributed by atoms with Gasteiger partial charge >= 0.3 is 0 Å². The van der Waals surface area contributed by atoms with Crippen LogP contribution in [0.5, 0.6) is 0 Å². The molecule has 168 valence electrons. The molecule has 0 saturated heterocycles. The van der Waals surface area contributed by atoms with Gasteiger partial charge in [-0.1, -0.05) is 52.3 Å². The van der Waals surface area contributed by atoms with E-state index in [0.717, 1.165) is 44.3 Å². The maximum atomic E-state index is 13.3. The number of hydrogen-bond donors (Lipinski definition) is 3. The van der Waals surface area contributed by atoms with Gasteiger partial charge in [-0.3, -0.25) is 0 Å². The molecule has 0 aromatic heterocycles. The summed E-state index contributed by atoms with van der Waals surface area (Å²) < 4.78 is 13.3. The van der Waals surface area contributed by atoms with Crippen LogP contribution in [0.4, 0.5) is 4.39 Å². The predicted molar refractivity (Wildman–Crippen MR) is 125 cm³/mol. The summed E-state index contributed by atoms with van der Waals surface area (Å²) in [6, 6.07) is 0. The van der Waals surface area contributed by atoms with Gasteiger partial charge in [0.1, 0.15) is 11.7 Å². The molecule has 0 aliphatic carbocycles. The molecule has 0 aliphatic rings. The molecule has 0 unspecified atom stereocenters. The summed E-state index contributed by atoms with van der Waals surface area (Å²) in [6.07, 6.45) is 10.3. The molecule has 0 aromatic rings. The predicted octanol–water partition coefficient (Wildman–Crippen LogP) is 5.17. The van der Waals surface area contributed by atoms with Crippen LogP contribution >= 0.6 is 0 Å². The van der Waals surface area contributed by atoms with Gasteiger partial charge in [0.15, 0.2) is 0 Å². The lowest BCUT2D eigenvalue weighted by Gasteiger charge is -2.26. The Morgan fingerprint density at radius 1 is 1.21 bits per heavy atom. The molecular weight excluding hydrogens is 365 g/mol. The molecule has 0 radical (unpaired) electrons. The molecule has 6 heteroatoms. The summed E-state index contributed by atoms with van der Waals surface area (Å²) in [6.45, 7) is 14.4. The van der Waals surface area contributed by atoms with Crippen molar-refractivity contribution in [1.82, 2.24) is 10.4 Å². The molecular formula is C23H44FN5. The number of nitrogens with one attached hydrogen (secondary N) is 1. The van der Waals surface area contributed by atoms with Crippen LogP contribution in [0.15, 0.2) is 40.3 Å². The summed E-state index contributed by atoms with van der Waals surface area (Å²) in [4.78, 5) is 4.06. The number of halogens is 1. The second-order valence-electron chi connectivity index (χ2n) is 8.01. The van der Waals surface area contributed by atoms with E-state index in [1.807, 2.05) is 0 Å². The molecule has 0 saturated carbocycles. The standard InChI is InChI=1S/C23H44FN5/c1-7-13-29(28-22(25)9-3)14-12-19(6)15-20(11-10-18(4)5)16-23(26)27-17-21(24)8-2/h11,15,17-18,22,28H,7-10,12-14,16,25H2,1-6H3,(H2,26,27)/b19-15+,20-11+,21-17+/t22-/m1/s1. The van der Waals surface area contributed by atoms with Crippen molar-refractivity contribution in [2.75, 3.05) is 13.1 Å². The Kier molecular flexibility index (Phi) is 15.5. The van der Waals surface area contributed by atoms with Crippen molar-refractivity contribution in [3.8, 4) is 0 Å². The van der Waals surface area contributed by atoms with E-state index in [4.69, 9.17) is 11.5 Å². The number of nitrogens with two attached hydrogens (primary N) is 2. The van der Waals surface area contributed by atoms with Crippen molar-refractivity contribution in [3.63, 3.8) is 0 Å². The van der Waals surface area contributed by atoms with E-state index < -0.39 is 0 Å². The zero-order valence-corrected chi connectivity index (χ0v) is 19.5. The van der Waals surface area contributed by atoms with Gasteiger partial charge in [0.25, 0.3) is 0 Å². The van der Waals surface area contributed by atoms with E-state index in [-0.39, 0.29) is 12.0 Å². The zero-order valence-electron chi connectivity index (χ0n) is 19.5. The zero-order chi connectivity index (χ0) is 22.2. The van der Waals surface area contributed by atoms with E-state index in [9.17, 15) is 4.39 Å². The number of aliphatic imine (C=N–C) groups is 1. The van der Waals surface area contributed by atoms with Crippen LogP contribution in [0.25, 0.3) is 0 Å². The van der Waals surface area contributed by atoms with Crippen LogP contribution in [-0.4, -0.2) is 30.1 Å². The normalized spacial score (nSPS) is 15.5. The lowest BCUT2D eigenvalue weighted by atomic mass is 10.0. The van der Waals surface area contributed by atoms with Gasteiger partial charge in [0.2, 0.25) is 0 Å². The highest BCUT2D eigenvalue weighted by atomic mass is 19.1. The SMILES string of the molecule is CCCN(CC/C(C)=C/C(=C\CC(C)C)CC(N)=N/C=C(/F)CC)N[C@@H](N)CC. The molecule has 29 heavy (non-hydrogen) atoms. The van der Waals surface area contributed by atoms with Crippen molar-refractivity contribution in [3.05, 3.63) is 35.3 Å². The van der Waals surface area contributed by atoms with Gasteiger partial charge in [0.05, 0.1) is 12.4 Å². The summed E-state index contributed by atoms with van der Waals surface area (Å²) >= 11 is 0. The van der Waals surface area contributed by atoms with E-state index >= 15 is 0 Å². The fraction of sp³-hybridized carbons (Fsp3) is 0.696. The van der Waals surface area contributed by atoms with Crippen LogP contribution in [0.3, 0.4) is 0 Å². The fourth-order valence-electron chi connectivity index (χ4n) is 2.60. The summed E-state index contributed by atoms with van der Waals surface area (Å²) in [5, 5.41) is 2.21. The highest BCUT2D eigenvalue weighted by molar-refractivity contribution is 5.83. The van der Waals surface area contributed by atoms with Gasteiger partial charge in [-0.2, -0.15) is 0 Å². The first-order chi connectivity index (χ1) is 13.7. The molecule has 0 amide bonds. The van der Waals surface area contributed by atoms with E-state index in [0.29, 0.717) is 24.6 Å². The lowest BCUT2D eigenvalue weighted by molar-refractivity contribution is 0.158. The summed E-state index contributed by atoms with van der Waals surface area (Å²) in [5.74, 6) is 0.728. The fourth-order valence-corrected chi connectivity index (χ4v) is 2.60. The molecule has 0 bridgehead atoms. The second kappa shape index (κ2) is 16.3. The molecule has 5 nitrogen and oxygen atoms in total. The van der Waals surface area contributed by atoms with E-state index in [1.54, 1.807) is 6.92 Å². The molecule has 0 rings (SSSR count). The largest absolute Gasteiger partial charge is 0.387 e. The number of amidine groups is 1. The third-order valence-corrected chi connectivity index (χ3v) is 4.43. The monoisotopic (exact) mass is 409 g/mol. The smallest absolute Gasteiger partial charge is 0.118 e. The minimum atomic E-state index is -0.263. The highest BCUT2D eigenvalue weighted by Crippen LogP contribution is 2.14. The second-order valence-corrected chi connectivity index (χ2v) is 8.01. The average molecular weight is 410 g/mol. The van der Waals surface area contributed by atoms with Crippen LogP contribution in [0.1, 0.15) is 80.1 Å². The topological polar surface area (TPSA) is 79.7 Å². The van der Waals surface area contributed by atoms with Crippen molar-refractivity contribution in [2.24, 2.45) is 22.4 Å². The van der Waals surface area contributed by atoms with Gasteiger partial charge in [-0.25, -0.2) is 19.8 Å². The van der Waals surface area contributed by atoms with E-state index in [2.05, 4.69) is 62.2 Å². The Bertz CT molecular complexity index is 564. The number of hydrogen-bond acceptors (Lipinski definition) is 4. The Balaban J connectivity index is 5.13. The molecule has 0 spiro atoms. The van der Waals surface area contributed by atoms with Crippen molar-refractivity contribution >= 4 is 5.84 Å². The quantitative estimate of drug-likeness (QED) is 0.115. The average Bonchev–Trinajstić information content (AvgIpc) is 2.68. The molecule has 0 fully saturated rings. The van der Waals surface area contributed by atoms with Gasteiger partial charge < -0.3 is 11.5 Å². The third-order valence-electron chi connectivity index (χ3n) is 4.43. The van der Waals surface area contributed by atoms with Crippen LogP contribution < -0.4 is 16.9 Å². The minimum Gasteiger partial charge on any atom is -0.387 e. The van der Waals surface area contributed by atoms with Gasteiger partial charge in [-0.15, -0.1) is 0 Å². The first kappa shape index (κ1) is 27.5. The molecule has 0 aromatic carbocycles. The van der Waals surface area contributed by atoms with Crippen molar-refractivity contribution in [1.29, 1.82) is 0 Å². The van der Waals surface area contributed by atoms with Gasteiger partial charge in [-0.05, 0) is 50.5 Å². The Morgan fingerprint density at radius 2 is 1.90 bits per heavy atom. The van der Waals surface area contributed by atoms with Crippen molar-refractivity contribution in [2.45, 2.75) is 86.2 Å². The lowest BCUT2D eigenvalue weighted by Crippen LogP contribution is -2.49. The Labute approximate surface area is 178 Å². The Hall–Kier alpha value is -1.50. The minimum absolute atomic E-state index is 0.0140. The van der Waals surface area contributed by atoms with E-state index in [1.165, 1.54) is 11.8 Å². The van der Waals surface area contributed by atoms with Crippen molar-refractivity contribution < 1.29 is 4.39 Å². The highest BCUT2D eigenvalue weighted by Gasteiger charge is 2.08. The Morgan fingerprint density at radius 3 is 2.45 bits per heavy atom. The third kappa shape index (κ3) is 15.1. The first-order valence-corrected chi connectivity index (χ1v) is 11.0.